The van der Waals surface area contributed by atoms with Crippen LogP contribution in [0.5, 0.6) is 11.5 Å². The summed E-state index contributed by atoms with van der Waals surface area (Å²) in [5.41, 5.74) is 6.87. The van der Waals surface area contributed by atoms with Gasteiger partial charge in [-0.15, -0.1) is 0 Å². The number of amides is 1. The molecule has 2 heterocycles. The molecule has 3 aromatic carbocycles. The number of carbonyl (C=O) groups is 1. The molecule has 37 heavy (non-hydrogen) atoms. The van der Waals surface area contributed by atoms with Crippen LogP contribution in [0.25, 0.3) is 38.7 Å². The lowest BCUT2D eigenvalue weighted by Gasteiger charge is -2.15. The SMILES string of the molecule is CCOc1ccc(-c2coc3c(C)c(OCC)c(/C(C)=C/C(=O)Nc4nc5ccccc5[nH]4)cc23)cc1. The van der Waals surface area contributed by atoms with Gasteiger partial charge in [0.25, 0.3) is 5.91 Å². The first-order chi connectivity index (χ1) is 18.0. The van der Waals surface area contributed by atoms with Crippen molar-refractivity contribution >= 4 is 39.4 Å². The van der Waals surface area contributed by atoms with Crippen molar-refractivity contribution in [2.45, 2.75) is 27.7 Å². The Morgan fingerprint density at radius 3 is 2.57 bits per heavy atom. The monoisotopic (exact) mass is 495 g/mol. The van der Waals surface area contributed by atoms with Crippen molar-refractivity contribution in [1.29, 1.82) is 0 Å². The fraction of sp³-hybridized carbons (Fsp3) is 0.200. The smallest absolute Gasteiger partial charge is 0.250 e. The summed E-state index contributed by atoms with van der Waals surface area (Å²) in [6, 6.07) is 17.6. The molecule has 188 valence electrons. The summed E-state index contributed by atoms with van der Waals surface area (Å²) in [4.78, 5) is 20.4. The van der Waals surface area contributed by atoms with E-state index in [1.807, 2.05) is 82.3 Å². The second-order valence-corrected chi connectivity index (χ2v) is 8.71. The van der Waals surface area contributed by atoms with Crippen LogP contribution < -0.4 is 14.8 Å². The summed E-state index contributed by atoms with van der Waals surface area (Å²) >= 11 is 0. The molecule has 0 atom stereocenters. The van der Waals surface area contributed by atoms with E-state index in [9.17, 15) is 4.79 Å². The first kappa shape index (κ1) is 24.2. The number of aromatic nitrogens is 2. The molecule has 2 aromatic heterocycles. The Bertz CT molecular complexity index is 1580. The van der Waals surface area contributed by atoms with Crippen LogP contribution in [0.3, 0.4) is 0 Å². The van der Waals surface area contributed by atoms with Gasteiger partial charge in [-0.25, -0.2) is 4.98 Å². The zero-order valence-electron chi connectivity index (χ0n) is 21.3. The van der Waals surface area contributed by atoms with E-state index in [1.165, 1.54) is 0 Å². The Hall–Kier alpha value is -4.52. The second kappa shape index (κ2) is 10.2. The fourth-order valence-corrected chi connectivity index (χ4v) is 4.50. The maximum Gasteiger partial charge on any atom is 0.250 e. The highest BCUT2D eigenvalue weighted by atomic mass is 16.5. The van der Waals surface area contributed by atoms with Crippen LogP contribution in [-0.2, 0) is 4.79 Å². The lowest BCUT2D eigenvalue weighted by Crippen LogP contribution is -2.10. The number of hydrogen-bond donors (Lipinski definition) is 2. The molecule has 0 bridgehead atoms. The third-order valence-corrected chi connectivity index (χ3v) is 6.21. The number of ether oxygens (including phenoxy) is 2. The van der Waals surface area contributed by atoms with Gasteiger partial charge in [-0.2, -0.15) is 0 Å². The maximum absolute atomic E-state index is 12.9. The van der Waals surface area contributed by atoms with Gasteiger partial charge in [0.2, 0.25) is 5.95 Å². The van der Waals surface area contributed by atoms with Crippen molar-refractivity contribution in [1.82, 2.24) is 9.97 Å². The highest BCUT2D eigenvalue weighted by Crippen LogP contribution is 2.41. The van der Waals surface area contributed by atoms with Crippen LogP contribution in [0.2, 0.25) is 0 Å². The largest absolute Gasteiger partial charge is 0.494 e. The molecule has 0 fully saturated rings. The Balaban J connectivity index is 1.51. The normalized spacial score (nSPS) is 11.7. The minimum absolute atomic E-state index is 0.282. The molecule has 0 aliphatic heterocycles. The average Bonchev–Trinajstić information content (AvgIpc) is 3.50. The topological polar surface area (TPSA) is 89.4 Å². The molecule has 0 unspecified atom stereocenters. The number of H-pyrrole nitrogens is 1. The van der Waals surface area contributed by atoms with Gasteiger partial charge in [-0.3, -0.25) is 10.1 Å². The van der Waals surface area contributed by atoms with Gasteiger partial charge in [-0.05, 0) is 69.2 Å². The minimum atomic E-state index is -0.282. The van der Waals surface area contributed by atoms with Crippen LogP contribution in [0, 0.1) is 6.92 Å². The van der Waals surface area contributed by atoms with Gasteiger partial charge >= 0.3 is 0 Å². The first-order valence-corrected chi connectivity index (χ1v) is 12.3. The van der Waals surface area contributed by atoms with Crippen molar-refractivity contribution in [2.24, 2.45) is 0 Å². The molecule has 5 aromatic rings. The number of nitrogens with zero attached hydrogens (tertiary/aromatic N) is 1. The van der Waals surface area contributed by atoms with Crippen LogP contribution >= 0.6 is 0 Å². The summed E-state index contributed by atoms with van der Waals surface area (Å²) in [5, 5.41) is 3.78. The van der Waals surface area contributed by atoms with Gasteiger partial charge in [0, 0.05) is 28.2 Å². The number of anilines is 1. The molecule has 7 heteroatoms. The van der Waals surface area contributed by atoms with E-state index >= 15 is 0 Å². The lowest BCUT2D eigenvalue weighted by atomic mass is 9.96. The zero-order chi connectivity index (χ0) is 25.9. The highest BCUT2D eigenvalue weighted by molar-refractivity contribution is 6.05. The van der Waals surface area contributed by atoms with E-state index in [4.69, 9.17) is 13.9 Å². The molecular formula is C30H29N3O4. The van der Waals surface area contributed by atoms with Crippen LogP contribution in [0.15, 0.2) is 71.4 Å². The van der Waals surface area contributed by atoms with Crippen molar-refractivity contribution in [3.8, 4) is 22.6 Å². The molecule has 2 N–H and O–H groups in total. The number of hydrogen-bond acceptors (Lipinski definition) is 5. The fourth-order valence-electron chi connectivity index (χ4n) is 4.50. The maximum atomic E-state index is 12.9. The Labute approximate surface area is 215 Å². The third kappa shape index (κ3) is 4.80. The molecule has 0 saturated carbocycles. The first-order valence-electron chi connectivity index (χ1n) is 12.3. The molecule has 1 amide bonds. The number of benzene rings is 3. The van der Waals surface area contributed by atoms with E-state index in [0.717, 1.165) is 55.6 Å². The molecule has 0 radical (unpaired) electrons. The number of para-hydroxylation sites is 2. The molecular weight excluding hydrogens is 466 g/mol. The van der Waals surface area contributed by atoms with Crippen molar-refractivity contribution in [3.63, 3.8) is 0 Å². The van der Waals surface area contributed by atoms with Gasteiger partial charge in [0.1, 0.15) is 17.1 Å². The van der Waals surface area contributed by atoms with E-state index in [1.54, 1.807) is 12.3 Å². The van der Waals surface area contributed by atoms with E-state index in [-0.39, 0.29) is 5.91 Å². The zero-order valence-corrected chi connectivity index (χ0v) is 21.3. The molecule has 0 aliphatic carbocycles. The van der Waals surface area contributed by atoms with E-state index in [2.05, 4.69) is 15.3 Å². The summed E-state index contributed by atoms with van der Waals surface area (Å²) in [5.74, 6) is 1.65. The van der Waals surface area contributed by atoms with Gasteiger partial charge < -0.3 is 18.9 Å². The van der Waals surface area contributed by atoms with Gasteiger partial charge in [0.05, 0.1) is 30.5 Å². The van der Waals surface area contributed by atoms with E-state index in [0.29, 0.717) is 24.9 Å². The minimum Gasteiger partial charge on any atom is -0.494 e. The lowest BCUT2D eigenvalue weighted by molar-refractivity contribution is -0.111. The molecule has 0 spiro atoms. The number of furan rings is 1. The van der Waals surface area contributed by atoms with Crippen LogP contribution in [0.4, 0.5) is 5.95 Å². The number of aryl methyl sites for hydroxylation is 1. The number of nitrogens with one attached hydrogen (secondary N) is 2. The standard InChI is InChI=1S/C30H29N3O4/c1-5-35-21-13-11-20(12-14-21)24-17-37-29-19(4)28(36-6-2)22(16-23(24)29)18(3)15-27(34)33-30-31-25-9-7-8-10-26(25)32-30/h7-17H,5-6H2,1-4H3,(H2,31,32,33,34)/b18-15+. The quantitative estimate of drug-likeness (QED) is 0.224. The third-order valence-electron chi connectivity index (χ3n) is 6.21. The Kier molecular flexibility index (Phi) is 6.68. The number of carbonyl (C=O) groups excluding carboxylic acids is 1. The molecule has 0 aliphatic rings. The van der Waals surface area contributed by atoms with Crippen molar-refractivity contribution < 1.29 is 18.7 Å². The Morgan fingerprint density at radius 1 is 1.08 bits per heavy atom. The summed E-state index contributed by atoms with van der Waals surface area (Å²) in [6.45, 7) is 8.89. The predicted molar refractivity (Wildman–Crippen MR) is 147 cm³/mol. The highest BCUT2D eigenvalue weighted by Gasteiger charge is 2.19. The number of imidazole rings is 1. The van der Waals surface area contributed by atoms with Crippen LogP contribution in [-0.4, -0.2) is 29.1 Å². The molecule has 0 saturated heterocycles. The average molecular weight is 496 g/mol. The Morgan fingerprint density at radius 2 is 1.84 bits per heavy atom. The second-order valence-electron chi connectivity index (χ2n) is 8.71. The summed E-state index contributed by atoms with van der Waals surface area (Å²) in [6.07, 6.45) is 3.33. The molecule has 7 nitrogen and oxygen atoms in total. The number of allylic oxidation sites excluding steroid dienone is 1. The molecule has 5 rings (SSSR count). The van der Waals surface area contributed by atoms with Gasteiger partial charge in [-0.1, -0.05) is 24.3 Å². The number of rotatable bonds is 8. The van der Waals surface area contributed by atoms with Gasteiger partial charge in [0.15, 0.2) is 0 Å². The van der Waals surface area contributed by atoms with Crippen LogP contribution in [0.1, 0.15) is 31.9 Å². The number of fused-ring (bicyclic) bond motifs is 2. The predicted octanol–water partition coefficient (Wildman–Crippen LogP) is 7.12. The number of aromatic amines is 1. The van der Waals surface area contributed by atoms with Crippen molar-refractivity contribution in [3.05, 3.63) is 78.1 Å². The summed E-state index contributed by atoms with van der Waals surface area (Å²) in [7, 11) is 0. The summed E-state index contributed by atoms with van der Waals surface area (Å²) < 4.78 is 17.6. The van der Waals surface area contributed by atoms with E-state index < -0.39 is 0 Å². The van der Waals surface area contributed by atoms with Crippen molar-refractivity contribution in [2.75, 3.05) is 18.5 Å².